The van der Waals surface area contributed by atoms with E-state index in [9.17, 15) is 54.3 Å². The number of benzene rings is 6. The van der Waals surface area contributed by atoms with Crippen LogP contribution in [0.4, 0.5) is 0 Å². The monoisotopic (exact) mass is 975 g/mol. The molecule has 0 bridgehead atoms. The Labute approximate surface area is 408 Å². The molecule has 6 aromatic carbocycles. The van der Waals surface area contributed by atoms with Crippen LogP contribution in [0.1, 0.15) is 64.5 Å². The summed E-state index contributed by atoms with van der Waals surface area (Å²) >= 11 is 0. The molecule has 0 saturated carbocycles. The summed E-state index contributed by atoms with van der Waals surface area (Å²) < 4.78 is 5.31. The van der Waals surface area contributed by atoms with Crippen LogP contribution in [-0.4, -0.2) is 95.5 Å². The minimum atomic E-state index is -1.10. The van der Waals surface area contributed by atoms with Crippen LogP contribution in [-0.2, 0) is 53.3 Å². The highest BCUT2D eigenvalue weighted by molar-refractivity contribution is 6.06. The number of hydrogen-bond donors (Lipinski definition) is 9. The van der Waals surface area contributed by atoms with E-state index in [0.29, 0.717) is 74.6 Å². The number of hydrogen-bond acceptors (Lipinski definition) is 9. The van der Waals surface area contributed by atoms with Gasteiger partial charge in [-0.15, -0.1) is 0 Å². The molecule has 9 aromatic rings. The van der Waals surface area contributed by atoms with Crippen molar-refractivity contribution in [2.24, 2.45) is 0 Å². The first kappa shape index (κ1) is 50.0. The number of aromatic carboxylic acids is 3. The summed E-state index contributed by atoms with van der Waals surface area (Å²) in [5.74, 6) is -5.79. The number of carboxylic acid groups (broad SMARTS) is 6. The highest BCUT2D eigenvalue weighted by Gasteiger charge is 2.21. The number of nitrogens with zero attached hydrogens (tertiary/aromatic N) is 3. The average Bonchev–Trinajstić information content (AvgIpc) is 3.98. The molecule has 0 fully saturated rings. The molecule has 0 radical (unpaired) electrons. The number of phenolic OH excluding ortho intramolecular Hbond substituents is 3. The average molecular weight is 976 g/mol. The molecule has 3 heterocycles. The van der Waals surface area contributed by atoms with E-state index in [1.54, 1.807) is 131 Å². The molecule has 0 unspecified atom stereocenters. The third-order valence-corrected chi connectivity index (χ3v) is 11.6. The minimum Gasteiger partial charge on any atom is -0.508 e. The Morgan fingerprint density at radius 1 is 0.403 bits per heavy atom. The molecule has 3 aromatic heterocycles. The van der Waals surface area contributed by atoms with Gasteiger partial charge in [-0.2, -0.15) is 0 Å². The van der Waals surface area contributed by atoms with Crippen molar-refractivity contribution in [3.8, 4) is 17.2 Å². The minimum absolute atomic E-state index is 0.0692. The number of fused-ring (bicyclic) bond motifs is 3. The van der Waals surface area contributed by atoms with E-state index in [1.807, 2.05) is 4.57 Å². The molecule has 0 saturated heterocycles. The number of rotatable bonds is 15. The summed E-state index contributed by atoms with van der Waals surface area (Å²) in [5, 5.41) is 86.1. The summed E-state index contributed by atoms with van der Waals surface area (Å²) in [6.45, 7) is 1.04. The molecule has 0 aliphatic rings. The maximum absolute atomic E-state index is 11.5. The van der Waals surface area contributed by atoms with Crippen molar-refractivity contribution in [2.75, 3.05) is 0 Å². The predicted octanol–water partition coefficient (Wildman–Crippen LogP) is 8.16. The van der Waals surface area contributed by atoms with Gasteiger partial charge in [0, 0.05) is 63.5 Å². The van der Waals surface area contributed by atoms with Gasteiger partial charge in [0.25, 0.3) is 0 Å². The Morgan fingerprint density at radius 2 is 0.903 bits per heavy atom. The summed E-state index contributed by atoms with van der Waals surface area (Å²) in [7, 11) is 0. The molecule has 0 atom stereocenters. The van der Waals surface area contributed by atoms with E-state index in [-0.39, 0.29) is 53.2 Å². The highest BCUT2D eigenvalue weighted by atomic mass is 16.4. The van der Waals surface area contributed by atoms with Gasteiger partial charge in [0.2, 0.25) is 0 Å². The Kier molecular flexibility index (Phi) is 15.0. The van der Waals surface area contributed by atoms with Gasteiger partial charge >= 0.3 is 35.8 Å². The maximum Gasteiger partial charge on any atom is 0.337 e. The summed E-state index contributed by atoms with van der Waals surface area (Å²) in [6.07, 6.45) is 4.36. The number of carboxylic acids is 6. The van der Waals surface area contributed by atoms with Crippen LogP contribution in [0.5, 0.6) is 17.2 Å². The zero-order valence-electron chi connectivity index (χ0n) is 37.9. The topological polar surface area (TPSA) is 299 Å². The zero-order chi connectivity index (χ0) is 51.8. The molecule has 0 spiro atoms. The van der Waals surface area contributed by atoms with Crippen molar-refractivity contribution < 1.29 is 74.7 Å². The fourth-order valence-electron chi connectivity index (χ4n) is 8.47. The van der Waals surface area contributed by atoms with Crippen LogP contribution in [0.3, 0.4) is 0 Å². The molecule has 72 heavy (non-hydrogen) atoms. The van der Waals surface area contributed by atoms with E-state index in [4.69, 9.17) is 20.4 Å². The fourth-order valence-corrected chi connectivity index (χ4v) is 8.47. The molecule has 9 rings (SSSR count). The lowest BCUT2D eigenvalue weighted by Crippen LogP contribution is -2.04. The number of aromatic nitrogens is 3. The number of phenols is 3. The van der Waals surface area contributed by atoms with Crippen LogP contribution in [0.2, 0.25) is 0 Å². The number of para-hydroxylation sites is 3. The van der Waals surface area contributed by atoms with Crippen molar-refractivity contribution in [3.63, 3.8) is 0 Å². The van der Waals surface area contributed by atoms with Crippen molar-refractivity contribution >= 4 is 68.5 Å². The number of aliphatic carboxylic acids is 3. The van der Waals surface area contributed by atoms with Gasteiger partial charge in [0.05, 0.1) is 54.6 Å². The standard InChI is InChI=1S/3C18H15NO5/c20-15-7-2-1-4-11(15)9-19-10-12(8-16(21)22)17-13(18(23)24)5-3-6-14(17)19;20-13-6-4-11(5-7-13)9-19-10-12(8-16(21)22)14-2-1-3-15(17(14)19)18(23)24;20-16-4-2-1-3-12(16)9-19-10-13(8-17(21)22)14-7-11(18(23)24)5-6-15(14)19/h3*1-7,10,20H,8-9H2,(H,21,22)(H,23,24). The second kappa shape index (κ2) is 21.6. The van der Waals surface area contributed by atoms with E-state index in [1.165, 1.54) is 24.3 Å². The van der Waals surface area contributed by atoms with Crippen molar-refractivity contribution in [1.29, 1.82) is 0 Å². The highest BCUT2D eigenvalue weighted by Crippen LogP contribution is 2.31. The van der Waals surface area contributed by atoms with Crippen LogP contribution in [0.15, 0.2) is 146 Å². The predicted molar refractivity (Wildman–Crippen MR) is 262 cm³/mol. The third kappa shape index (κ3) is 11.5. The molecule has 0 aliphatic carbocycles. The van der Waals surface area contributed by atoms with Gasteiger partial charge in [-0.25, -0.2) is 14.4 Å². The van der Waals surface area contributed by atoms with Crippen LogP contribution < -0.4 is 0 Å². The molecule has 0 amide bonds. The first-order valence-electron chi connectivity index (χ1n) is 21.9. The van der Waals surface area contributed by atoms with Gasteiger partial charge in [-0.1, -0.05) is 66.7 Å². The van der Waals surface area contributed by atoms with Gasteiger partial charge in [-0.3, -0.25) is 14.4 Å². The third-order valence-electron chi connectivity index (χ3n) is 11.6. The van der Waals surface area contributed by atoms with Gasteiger partial charge in [-0.05, 0) is 82.9 Å². The lowest BCUT2D eigenvalue weighted by Gasteiger charge is -2.08. The van der Waals surface area contributed by atoms with E-state index < -0.39 is 35.8 Å². The van der Waals surface area contributed by atoms with Crippen LogP contribution >= 0.6 is 0 Å². The Bertz CT molecular complexity index is 3550. The summed E-state index contributed by atoms with van der Waals surface area (Å²) in [5.41, 5.74) is 5.91. The molecule has 9 N–H and O–H groups in total. The van der Waals surface area contributed by atoms with Gasteiger partial charge in [0.1, 0.15) is 17.2 Å². The SMILES string of the molecule is O=C(O)Cc1cn(Cc2ccc(O)cc2)c2c(C(=O)O)cccc12.O=C(O)Cc1cn(Cc2ccccc2O)c2ccc(C(=O)O)cc12.O=C(O)Cc1cn(Cc2ccccc2O)c2cccc(C(=O)O)c12. The Morgan fingerprint density at radius 3 is 1.46 bits per heavy atom. The van der Waals surface area contributed by atoms with Crippen molar-refractivity contribution in [3.05, 3.63) is 196 Å². The first-order chi connectivity index (χ1) is 34.4. The lowest BCUT2D eigenvalue weighted by atomic mass is 10.0. The molecule has 366 valence electrons. The maximum atomic E-state index is 11.5. The molecule has 18 heteroatoms. The first-order valence-corrected chi connectivity index (χ1v) is 21.9. The smallest absolute Gasteiger partial charge is 0.337 e. The summed E-state index contributed by atoms with van der Waals surface area (Å²) in [6, 6.07) is 34.6. The van der Waals surface area contributed by atoms with E-state index >= 15 is 0 Å². The number of aromatic hydroxyl groups is 3. The molecule has 18 nitrogen and oxygen atoms in total. The zero-order valence-corrected chi connectivity index (χ0v) is 37.9. The quantitative estimate of drug-likeness (QED) is 0.0468. The molecular formula is C54H45N3O15. The largest absolute Gasteiger partial charge is 0.508 e. The second-order valence-electron chi connectivity index (χ2n) is 16.5. The molecular weight excluding hydrogens is 931 g/mol. The Balaban J connectivity index is 0.000000158. The van der Waals surface area contributed by atoms with Crippen molar-refractivity contribution in [2.45, 2.75) is 38.9 Å². The normalized spacial score (nSPS) is 10.8. The van der Waals surface area contributed by atoms with Crippen molar-refractivity contribution in [1.82, 2.24) is 13.7 Å². The van der Waals surface area contributed by atoms with E-state index in [0.717, 1.165) is 11.1 Å². The fraction of sp³-hybridized carbons (Fsp3) is 0.111. The number of carbonyl (C=O) groups is 6. The molecule has 0 aliphatic heterocycles. The van der Waals surface area contributed by atoms with Gasteiger partial charge in [0.15, 0.2) is 0 Å². The van der Waals surface area contributed by atoms with Crippen LogP contribution in [0, 0.1) is 0 Å². The second-order valence-corrected chi connectivity index (χ2v) is 16.5. The lowest BCUT2D eigenvalue weighted by molar-refractivity contribution is -0.137. The van der Waals surface area contributed by atoms with E-state index in [2.05, 4.69) is 0 Å². The van der Waals surface area contributed by atoms with Gasteiger partial charge < -0.3 is 59.7 Å². The van der Waals surface area contributed by atoms with Crippen LogP contribution in [0.25, 0.3) is 32.7 Å². The summed E-state index contributed by atoms with van der Waals surface area (Å²) in [4.78, 5) is 67.5. The Hall–Kier alpha value is -9.84.